The topological polar surface area (TPSA) is 90.9 Å². The van der Waals surface area contributed by atoms with Crippen molar-refractivity contribution in [1.82, 2.24) is 15.6 Å². The summed E-state index contributed by atoms with van der Waals surface area (Å²) >= 11 is 0. The fourth-order valence-corrected chi connectivity index (χ4v) is 2.45. The van der Waals surface area contributed by atoms with Crippen LogP contribution in [-0.2, 0) is 20.9 Å². The van der Waals surface area contributed by atoms with Gasteiger partial charge in [0.2, 0.25) is 11.8 Å². The van der Waals surface area contributed by atoms with Gasteiger partial charge in [-0.05, 0) is 12.0 Å². The largest absolute Gasteiger partial charge is 0.340 e. The van der Waals surface area contributed by atoms with Crippen molar-refractivity contribution in [3.05, 3.63) is 53.7 Å². The lowest BCUT2D eigenvalue weighted by atomic mass is 10.1. The molecule has 3 amide bonds. The van der Waals surface area contributed by atoms with Crippen LogP contribution in [0.4, 0.5) is 0 Å². The van der Waals surface area contributed by atoms with E-state index >= 15 is 0 Å². The van der Waals surface area contributed by atoms with Crippen molar-refractivity contribution in [2.24, 2.45) is 5.10 Å². The van der Waals surface area contributed by atoms with Crippen LogP contribution in [0.15, 0.2) is 53.3 Å². The van der Waals surface area contributed by atoms with Gasteiger partial charge in [0, 0.05) is 24.6 Å². The molecule has 0 aromatic heterocycles. The van der Waals surface area contributed by atoms with Crippen molar-refractivity contribution in [3.8, 4) is 0 Å². The van der Waals surface area contributed by atoms with Gasteiger partial charge in [0.25, 0.3) is 5.91 Å². The number of piperidine rings is 1. The van der Waals surface area contributed by atoms with E-state index in [4.69, 9.17) is 0 Å². The fraction of sp³-hybridized carbons (Fsp3) is 0.235. The minimum Gasteiger partial charge on any atom is -0.340 e. The maximum absolute atomic E-state index is 12.3. The molecule has 1 unspecified atom stereocenters. The number of hydrogen-bond donors (Lipinski definition) is 2. The summed E-state index contributed by atoms with van der Waals surface area (Å²) in [7, 11) is 0. The predicted octanol–water partition coefficient (Wildman–Crippen LogP) is 0.448. The number of imide groups is 1. The summed E-state index contributed by atoms with van der Waals surface area (Å²) in [6.07, 6.45) is 3.58. The normalized spacial score (nSPS) is 19.8. The monoisotopic (exact) mass is 324 g/mol. The molecule has 3 rings (SSSR count). The first-order chi connectivity index (χ1) is 11.6. The van der Waals surface area contributed by atoms with Crippen LogP contribution < -0.4 is 10.6 Å². The smallest absolute Gasteiger partial charge is 0.254 e. The first-order valence-corrected chi connectivity index (χ1v) is 7.58. The molecular formula is C17H16N4O3. The van der Waals surface area contributed by atoms with E-state index in [1.807, 2.05) is 30.3 Å². The Balaban J connectivity index is 1.64. The zero-order valence-corrected chi connectivity index (χ0v) is 12.9. The minimum atomic E-state index is -0.703. The number of carbonyl (C=O) groups excluding carboxylic acids is 3. The lowest BCUT2D eigenvalue weighted by molar-refractivity contribution is -0.136. The minimum absolute atomic E-state index is 0.215. The van der Waals surface area contributed by atoms with Crippen LogP contribution in [-0.4, -0.2) is 34.6 Å². The van der Waals surface area contributed by atoms with Crippen molar-refractivity contribution in [3.63, 3.8) is 0 Å². The Kier molecular flexibility index (Phi) is 4.54. The highest BCUT2D eigenvalue weighted by Gasteiger charge is 2.28. The number of amides is 3. The Labute approximate surface area is 138 Å². The third-order valence-electron chi connectivity index (χ3n) is 3.69. The Morgan fingerprint density at radius 2 is 2.12 bits per heavy atom. The van der Waals surface area contributed by atoms with Gasteiger partial charge in [0.15, 0.2) is 0 Å². The third kappa shape index (κ3) is 3.77. The molecular weight excluding hydrogens is 308 g/mol. The van der Waals surface area contributed by atoms with E-state index in [-0.39, 0.29) is 12.3 Å². The summed E-state index contributed by atoms with van der Waals surface area (Å²) in [4.78, 5) is 35.1. The molecule has 2 aliphatic heterocycles. The van der Waals surface area contributed by atoms with E-state index in [2.05, 4.69) is 21.6 Å². The number of hydrogen-bond acceptors (Lipinski definition) is 5. The molecule has 0 radical (unpaired) electrons. The standard InChI is InChI=1S/C17H16N4O3/c22-15-7-6-14(17(24)20-15)19-16(23)13-8-9-18-21(11-13)10-12-4-2-1-3-5-12/h1-5,8,11,14H,6-7,10H2,(H,19,23)(H,20,22,24). The Morgan fingerprint density at radius 1 is 1.33 bits per heavy atom. The number of benzene rings is 1. The Morgan fingerprint density at radius 3 is 2.88 bits per heavy atom. The zero-order chi connectivity index (χ0) is 16.9. The van der Waals surface area contributed by atoms with Crippen molar-refractivity contribution in [1.29, 1.82) is 0 Å². The maximum atomic E-state index is 12.3. The summed E-state index contributed by atoms with van der Waals surface area (Å²) in [6, 6.07) is 9.01. The molecule has 122 valence electrons. The van der Waals surface area contributed by atoms with Gasteiger partial charge in [-0.1, -0.05) is 30.3 Å². The van der Waals surface area contributed by atoms with Crippen LogP contribution in [0.2, 0.25) is 0 Å². The molecule has 2 aliphatic rings. The lowest BCUT2D eigenvalue weighted by Gasteiger charge is -2.22. The first kappa shape index (κ1) is 15.7. The Bertz CT molecular complexity index is 763. The molecule has 0 spiro atoms. The molecule has 7 nitrogen and oxygen atoms in total. The summed E-state index contributed by atoms with van der Waals surface area (Å²) in [6.45, 7) is 0.511. The number of carbonyl (C=O) groups is 3. The van der Waals surface area contributed by atoms with Crippen molar-refractivity contribution in [2.45, 2.75) is 25.4 Å². The molecule has 1 fully saturated rings. The van der Waals surface area contributed by atoms with E-state index in [0.29, 0.717) is 18.5 Å². The number of nitrogens with one attached hydrogen (secondary N) is 2. The number of nitrogens with zero attached hydrogens (tertiary/aromatic N) is 2. The molecule has 7 heteroatoms. The summed E-state index contributed by atoms with van der Waals surface area (Å²) in [5, 5.41) is 10.5. The molecule has 1 aromatic carbocycles. The quantitative estimate of drug-likeness (QED) is 0.787. The highest BCUT2D eigenvalue weighted by atomic mass is 16.2. The van der Waals surface area contributed by atoms with Gasteiger partial charge in [-0.15, -0.1) is 5.10 Å². The molecule has 24 heavy (non-hydrogen) atoms. The summed E-state index contributed by atoms with van der Waals surface area (Å²) in [5.74, 6) is 1.49. The number of hydrazone groups is 1. The van der Waals surface area contributed by atoms with Crippen LogP contribution >= 0.6 is 0 Å². The van der Waals surface area contributed by atoms with Gasteiger partial charge in [0.05, 0.1) is 12.1 Å². The van der Waals surface area contributed by atoms with Gasteiger partial charge in [-0.2, -0.15) is 0 Å². The molecule has 2 heterocycles. The number of rotatable bonds is 4. The molecule has 1 atom stereocenters. The fourth-order valence-electron chi connectivity index (χ4n) is 2.45. The average molecular weight is 324 g/mol. The Hall–Kier alpha value is -3.18. The van der Waals surface area contributed by atoms with Gasteiger partial charge in [-0.25, -0.2) is 0 Å². The SMILES string of the molecule is O=C1CCC(NC(=O)C2=CN(Cc3ccccc3)N=C=C2)C(=O)N1. The van der Waals surface area contributed by atoms with Crippen molar-refractivity contribution >= 4 is 23.6 Å². The zero-order valence-electron chi connectivity index (χ0n) is 12.9. The van der Waals surface area contributed by atoms with Crippen LogP contribution in [0.25, 0.3) is 0 Å². The van der Waals surface area contributed by atoms with Crippen LogP contribution in [0.5, 0.6) is 0 Å². The lowest BCUT2D eigenvalue weighted by Crippen LogP contribution is -2.52. The van der Waals surface area contributed by atoms with Crippen molar-refractivity contribution in [2.75, 3.05) is 0 Å². The van der Waals surface area contributed by atoms with E-state index in [1.165, 1.54) is 6.08 Å². The van der Waals surface area contributed by atoms with E-state index in [1.54, 1.807) is 11.2 Å². The highest BCUT2D eigenvalue weighted by molar-refractivity contribution is 6.05. The van der Waals surface area contributed by atoms with Crippen molar-refractivity contribution < 1.29 is 14.4 Å². The second kappa shape index (κ2) is 6.93. The van der Waals surface area contributed by atoms with Crippen LogP contribution in [0, 0.1) is 0 Å². The molecule has 2 N–H and O–H groups in total. The summed E-state index contributed by atoms with van der Waals surface area (Å²) < 4.78 is 0. The molecule has 0 aliphatic carbocycles. The maximum Gasteiger partial charge on any atom is 0.254 e. The molecule has 0 saturated carbocycles. The second-order valence-electron chi connectivity index (χ2n) is 5.52. The first-order valence-electron chi connectivity index (χ1n) is 7.58. The molecule has 1 aromatic rings. The van der Waals surface area contributed by atoms with Crippen LogP contribution in [0.1, 0.15) is 18.4 Å². The van der Waals surface area contributed by atoms with E-state index in [0.717, 1.165) is 5.56 Å². The van der Waals surface area contributed by atoms with Gasteiger partial charge in [0.1, 0.15) is 6.04 Å². The predicted molar refractivity (Wildman–Crippen MR) is 86.4 cm³/mol. The second-order valence-corrected chi connectivity index (χ2v) is 5.52. The summed E-state index contributed by atoms with van der Waals surface area (Å²) in [5.41, 5.74) is 1.40. The van der Waals surface area contributed by atoms with Gasteiger partial charge >= 0.3 is 0 Å². The van der Waals surface area contributed by atoms with Crippen LogP contribution in [0.3, 0.4) is 0 Å². The van der Waals surface area contributed by atoms with E-state index < -0.39 is 17.9 Å². The average Bonchev–Trinajstić information content (AvgIpc) is 2.58. The highest BCUT2D eigenvalue weighted by Crippen LogP contribution is 2.11. The van der Waals surface area contributed by atoms with Gasteiger partial charge < -0.3 is 5.32 Å². The molecule has 0 bridgehead atoms. The molecule has 1 saturated heterocycles. The third-order valence-corrected chi connectivity index (χ3v) is 3.69. The van der Waals surface area contributed by atoms with E-state index in [9.17, 15) is 14.4 Å². The van der Waals surface area contributed by atoms with Gasteiger partial charge in [-0.3, -0.25) is 24.7 Å².